The summed E-state index contributed by atoms with van der Waals surface area (Å²) in [7, 11) is 0. The van der Waals surface area contributed by atoms with E-state index in [4.69, 9.17) is 23.4 Å². The number of hydrogen-bond acceptors (Lipinski definition) is 12. The summed E-state index contributed by atoms with van der Waals surface area (Å²) in [6.45, 7) is -0.314. The van der Waals surface area contributed by atoms with Gasteiger partial charge in [0.1, 0.15) is 18.1 Å². The van der Waals surface area contributed by atoms with E-state index in [-0.39, 0.29) is 132 Å². The lowest BCUT2D eigenvalue weighted by molar-refractivity contribution is -0.205. The Kier molecular flexibility index (Phi) is 16.0. The molecule has 3 saturated carbocycles. The fourth-order valence-electron chi connectivity index (χ4n) is 26.1. The first-order chi connectivity index (χ1) is 52.9. The molecule has 7 aromatic rings. The molecule has 0 amide bonds. The zero-order valence-electron chi connectivity index (χ0n) is 61.3. The van der Waals surface area contributed by atoms with Gasteiger partial charge in [0.25, 0.3) is 0 Å². The lowest BCUT2D eigenvalue weighted by Crippen LogP contribution is -2.61. The van der Waals surface area contributed by atoms with Crippen LogP contribution in [0.4, 0.5) is 0 Å². The van der Waals surface area contributed by atoms with Crippen LogP contribution in [0.15, 0.2) is 153 Å². The third-order valence-electron chi connectivity index (χ3n) is 30.3. The van der Waals surface area contributed by atoms with E-state index < -0.39 is 72.6 Å². The van der Waals surface area contributed by atoms with E-state index in [9.17, 15) is 20.4 Å². The van der Waals surface area contributed by atoms with Crippen LogP contribution in [0.25, 0.3) is 23.1 Å². The van der Waals surface area contributed by atoms with Crippen LogP contribution in [-0.2, 0) is 60.5 Å². The number of rotatable bonds is 8. The van der Waals surface area contributed by atoms with Crippen molar-refractivity contribution in [2.45, 2.75) is 193 Å². The highest BCUT2D eigenvalue weighted by Gasteiger charge is 2.67. The first-order valence-electron chi connectivity index (χ1n) is 40.5. The van der Waals surface area contributed by atoms with Gasteiger partial charge in [-0.2, -0.15) is 0 Å². The summed E-state index contributed by atoms with van der Waals surface area (Å²) in [5.41, 5.74) is 17.5. The van der Waals surface area contributed by atoms with Crippen molar-refractivity contribution in [1.29, 1.82) is 0 Å². The molecule has 19 unspecified atom stereocenters. The normalized spacial score (nSPS) is 34.0. The molecule has 3 aliphatic heterocycles. The topological polar surface area (TPSA) is 182 Å². The van der Waals surface area contributed by atoms with Crippen LogP contribution in [-0.4, -0.2) is 70.7 Å². The summed E-state index contributed by atoms with van der Waals surface area (Å²) in [6.07, 6.45) is 22.1. The number of benzene rings is 6. The summed E-state index contributed by atoms with van der Waals surface area (Å²) in [4.78, 5) is 49.2. The van der Waals surface area contributed by atoms with E-state index >= 15 is 14.4 Å². The van der Waals surface area contributed by atoms with Gasteiger partial charge in [0.05, 0.1) is 31.8 Å². The highest BCUT2D eigenvalue weighted by atomic mass is 16.6. The molecule has 28 rings (SSSR count). The van der Waals surface area contributed by atoms with Crippen molar-refractivity contribution in [1.82, 2.24) is 0 Å². The summed E-state index contributed by atoms with van der Waals surface area (Å²) >= 11 is 0. The minimum atomic E-state index is -1.57. The maximum absolute atomic E-state index is 17.1. The van der Waals surface area contributed by atoms with Gasteiger partial charge in [-0.3, -0.25) is 4.79 Å². The molecule has 4 heterocycles. The Morgan fingerprint density at radius 1 is 0.741 bits per heavy atom. The zero-order chi connectivity index (χ0) is 72.6. The fourth-order valence-corrected chi connectivity index (χ4v) is 26.1. The standard InChI is InChI=1S/C96H92O12/c1-52(48-98)74-46-75-72-32-31-69-68-29-23-57-42-60(68)45-84(101)105-90-88-83(34-33-73-78(49-99)87(93(103)106-89(73)88)59(35-38-97)50-104-51-100)108-95(91(90)107-92(74)102)37-5-4-14-71(69)86(72)61-43-77-82(95)47-76-67-13-3-2-9-56(67)41-58(85(76)77)22-26-62-12-8-36-94(62,81(75)44-61)63-24-18-53(19-25-63)39-54-17-20-55-21-27-64-10-6-11-65-28-30-70-66(57)15-7-16-79(70)96(64,65)80(55)40-54/h2-3,7,9,13,15-21,23-25,27,29,31-34,40-41,57,59-62,64-65,68,75-77,81-82,85,90-91,97-100H,6,8,10-12,14,28,30,35-39,42-51H2,1H3. The van der Waals surface area contributed by atoms with E-state index in [1.54, 1.807) is 6.07 Å². The number of allylic oxidation sites excluding steroid dienone is 4. The Labute approximate surface area is 630 Å². The number of aliphatic hydroxyl groups excluding tert-OH is 4. The quantitative estimate of drug-likeness (QED) is 0.0283. The Hall–Kier alpha value is -8.85. The molecule has 108 heavy (non-hydrogen) atoms. The van der Waals surface area contributed by atoms with Crippen LogP contribution in [0.3, 0.4) is 0 Å². The molecule has 3 spiro atoms. The second-order valence-corrected chi connectivity index (χ2v) is 34.7. The van der Waals surface area contributed by atoms with Gasteiger partial charge in [0, 0.05) is 87.9 Å². The van der Waals surface area contributed by atoms with E-state index in [1.807, 2.05) is 13.0 Å². The Bertz CT molecular complexity index is 5310. The Balaban J connectivity index is 0.881. The van der Waals surface area contributed by atoms with Crippen LogP contribution >= 0.6 is 0 Å². The number of carbonyl (C=O) groups is 2. The van der Waals surface area contributed by atoms with Gasteiger partial charge < -0.3 is 43.8 Å². The van der Waals surface area contributed by atoms with Gasteiger partial charge in [-0.1, -0.05) is 158 Å². The van der Waals surface area contributed by atoms with E-state index in [0.29, 0.717) is 47.6 Å². The molecular weight excluding hydrogens is 1350 g/mol. The van der Waals surface area contributed by atoms with E-state index in [1.165, 1.54) is 85.2 Å². The van der Waals surface area contributed by atoms with E-state index in [2.05, 4.69) is 151 Å². The first kappa shape index (κ1) is 67.3. The van der Waals surface area contributed by atoms with Crippen molar-refractivity contribution in [2.75, 3.05) is 26.6 Å². The third-order valence-corrected chi connectivity index (χ3v) is 30.3. The molecule has 1 aromatic heterocycles. The van der Waals surface area contributed by atoms with Crippen LogP contribution < -0.4 is 10.4 Å². The maximum Gasteiger partial charge on any atom is 0.340 e. The largest absolute Gasteiger partial charge is 0.481 e. The fraction of sp³-hybridized carbons (Fsp3) is 0.448. The number of ether oxygens (including phenoxy) is 4. The van der Waals surface area contributed by atoms with Crippen molar-refractivity contribution in [3.05, 3.63) is 249 Å². The molecule has 3 fully saturated rings. The molecule has 12 nitrogen and oxygen atoms in total. The van der Waals surface area contributed by atoms with Gasteiger partial charge in [-0.05, 0) is 245 Å². The Morgan fingerprint density at radius 2 is 1.61 bits per heavy atom. The van der Waals surface area contributed by atoms with Crippen LogP contribution in [0.2, 0.25) is 0 Å². The molecule has 19 atom stereocenters. The molecule has 548 valence electrons. The lowest BCUT2D eigenvalue weighted by Gasteiger charge is -2.55. The molecule has 0 radical (unpaired) electrons. The second kappa shape index (κ2) is 25.6. The van der Waals surface area contributed by atoms with Crippen molar-refractivity contribution >= 4 is 35.1 Å². The first-order valence-corrected chi connectivity index (χ1v) is 40.5. The number of aliphatic hydroxyl groups is 4. The van der Waals surface area contributed by atoms with Crippen molar-refractivity contribution in [3.8, 4) is 29.4 Å². The molecular formula is C96H92O12. The molecule has 18 aliphatic carbocycles. The highest BCUT2D eigenvalue weighted by molar-refractivity contribution is 5.91. The number of hydrogen-bond donors (Lipinski definition) is 4. The molecule has 21 aliphatic rings. The van der Waals surface area contributed by atoms with Crippen LogP contribution in [0.1, 0.15) is 239 Å². The van der Waals surface area contributed by atoms with Crippen molar-refractivity contribution < 1.29 is 53.4 Å². The van der Waals surface area contributed by atoms with Gasteiger partial charge >= 0.3 is 17.6 Å². The second-order valence-electron chi connectivity index (χ2n) is 34.7. The predicted octanol–water partition coefficient (Wildman–Crippen LogP) is 15.9. The summed E-state index contributed by atoms with van der Waals surface area (Å²) in [6, 6.07) is 41.6. The minimum Gasteiger partial charge on any atom is -0.481 e. The molecule has 6 aromatic carbocycles. The van der Waals surface area contributed by atoms with Crippen LogP contribution in [0, 0.1) is 71.0 Å². The smallest absolute Gasteiger partial charge is 0.340 e. The van der Waals surface area contributed by atoms with Gasteiger partial charge in [-0.25, -0.2) is 9.59 Å². The molecule has 22 bridgehead atoms. The summed E-state index contributed by atoms with van der Waals surface area (Å²) < 4.78 is 35.6. The average Bonchev–Trinajstić information content (AvgIpc) is 1.13. The number of carbonyl (C=O) groups excluding carboxylic acids is 2. The Morgan fingerprint density at radius 3 is 2.48 bits per heavy atom. The van der Waals surface area contributed by atoms with Crippen molar-refractivity contribution in [2.24, 2.45) is 47.3 Å². The zero-order valence-corrected chi connectivity index (χ0v) is 61.3. The van der Waals surface area contributed by atoms with E-state index in [0.717, 1.165) is 68.9 Å². The van der Waals surface area contributed by atoms with Gasteiger partial charge in [0.15, 0.2) is 17.8 Å². The minimum absolute atomic E-state index is 0.00249. The molecule has 0 saturated heterocycles. The third kappa shape index (κ3) is 9.71. The maximum atomic E-state index is 17.1. The van der Waals surface area contributed by atoms with Gasteiger partial charge in [0.2, 0.25) is 0 Å². The monoisotopic (exact) mass is 1440 g/mol. The highest BCUT2D eigenvalue weighted by Crippen LogP contribution is 2.69. The SMILES string of the molecule is CC(CO)=C1CC2c3ccc4c5c3C3CC6C7C8=Cc9ccccc9C7CC6C6(CC#CC5)Oc5ccc7c(CO)c(C(CCO)COCO)c(=O)oc7c5C(OC(=O)CC5CC(C=CC45)c4cccc5c4CCC4CCCC7C=Cc9ccc(cc9C574)Cc4ccc(cc4)C4(CCCC4C#C8)C2C3)C6OC1=O. The molecule has 12 heteroatoms. The predicted molar refractivity (Wildman–Crippen MR) is 411 cm³/mol. The van der Waals surface area contributed by atoms with Crippen LogP contribution in [0.5, 0.6) is 5.75 Å². The lowest BCUT2D eigenvalue weighted by atomic mass is 9.48. The van der Waals surface area contributed by atoms with Gasteiger partial charge in [-0.15, -0.1) is 0 Å². The summed E-state index contributed by atoms with van der Waals surface area (Å²) in [5.74, 6) is 13.4. The number of fused-ring (bicyclic) bond motifs is 8. The van der Waals surface area contributed by atoms with Crippen molar-refractivity contribution in [3.63, 3.8) is 0 Å². The number of esters is 2. The summed E-state index contributed by atoms with van der Waals surface area (Å²) in [5, 5.41) is 44.3. The average molecular weight is 1440 g/mol. The molecule has 4 N–H and O–H groups in total.